The lowest BCUT2D eigenvalue weighted by Crippen LogP contribution is -2.40. The van der Waals surface area contributed by atoms with E-state index in [0.29, 0.717) is 37.5 Å². The predicted molar refractivity (Wildman–Crippen MR) is 130 cm³/mol. The fourth-order valence-corrected chi connectivity index (χ4v) is 4.72. The van der Waals surface area contributed by atoms with Crippen LogP contribution in [0, 0.1) is 5.92 Å². The molecule has 1 saturated heterocycles. The standard InChI is InChI=1S/C25H24ClN3O2S/c26-22-9-5-4-8-20(22)16-21-17-27-25(32-21)28-24(31)19-12-14-29(15-13-19)23(30)11-10-18-6-2-1-3-7-18/h1-11,17,19H,12-16H2,(H,27,28,31)/b11-10+. The van der Waals surface area contributed by atoms with Crippen LogP contribution in [0.1, 0.15) is 28.8 Å². The van der Waals surface area contributed by atoms with Crippen molar-refractivity contribution in [3.8, 4) is 0 Å². The number of carbonyl (C=O) groups excluding carboxylic acids is 2. The number of halogens is 1. The molecule has 0 radical (unpaired) electrons. The smallest absolute Gasteiger partial charge is 0.246 e. The third kappa shape index (κ3) is 5.84. The van der Waals surface area contributed by atoms with Crippen molar-refractivity contribution >= 4 is 46.0 Å². The maximum absolute atomic E-state index is 12.7. The number of piperidine rings is 1. The molecule has 1 fully saturated rings. The lowest BCUT2D eigenvalue weighted by molar-refractivity contribution is -0.130. The average Bonchev–Trinajstić information content (AvgIpc) is 3.26. The molecule has 2 heterocycles. The number of hydrogen-bond acceptors (Lipinski definition) is 4. The topological polar surface area (TPSA) is 62.3 Å². The molecule has 2 aromatic carbocycles. The van der Waals surface area contributed by atoms with Crippen molar-refractivity contribution in [1.82, 2.24) is 9.88 Å². The molecule has 2 amide bonds. The Kier molecular flexibility index (Phi) is 7.35. The first-order valence-corrected chi connectivity index (χ1v) is 11.8. The molecule has 1 aliphatic heterocycles. The van der Waals surface area contributed by atoms with E-state index in [1.165, 1.54) is 11.3 Å². The number of aromatic nitrogens is 1. The zero-order valence-electron chi connectivity index (χ0n) is 17.5. The summed E-state index contributed by atoms with van der Waals surface area (Å²) >= 11 is 7.70. The van der Waals surface area contributed by atoms with Crippen molar-refractivity contribution in [1.29, 1.82) is 0 Å². The third-order valence-corrected chi connectivity index (χ3v) is 6.78. The van der Waals surface area contributed by atoms with Crippen molar-refractivity contribution < 1.29 is 9.59 Å². The summed E-state index contributed by atoms with van der Waals surface area (Å²) in [4.78, 5) is 32.3. The second-order valence-corrected chi connectivity index (χ2v) is 9.26. The zero-order chi connectivity index (χ0) is 22.3. The van der Waals surface area contributed by atoms with E-state index in [0.717, 1.165) is 21.0 Å². The van der Waals surface area contributed by atoms with Crippen LogP contribution in [0.5, 0.6) is 0 Å². The van der Waals surface area contributed by atoms with E-state index in [1.807, 2.05) is 60.7 Å². The van der Waals surface area contributed by atoms with Crippen LogP contribution in [-0.2, 0) is 16.0 Å². The summed E-state index contributed by atoms with van der Waals surface area (Å²) in [5.74, 6) is -0.166. The van der Waals surface area contributed by atoms with Crippen molar-refractivity contribution in [3.05, 3.63) is 87.9 Å². The molecule has 5 nitrogen and oxygen atoms in total. The van der Waals surface area contributed by atoms with Gasteiger partial charge in [0, 0.05) is 47.6 Å². The number of rotatable bonds is 6. The van der Waals surface area contributed by atoms with E-state index in [2.05, 4.69) is 10.3 Å². The molecule has 4 rings (SSSR count). The van der Waals surface area contributed by atoms with Gasteiger partial charge < -0.3 is 10.2 Å². The summed E-state index contributed by atoms with van der Waals surface area (Å²) in [7, 11) is 0. The van der Waals surface area contributed by atoms with Gasteiger partial charge in [-0.1, -0.05) is 60.1 Å². The third-order valence-electron chi connectivity index (χ3n) is 5.50. The molecule has 1 aliphatic rings. The van der Waals surface area contributed by atoms with Gasteiger partial charge >= 0.3 is 0 Å². The molecule has 164 valence electrons. The number of thiazole rings is 1. The van der Waals surface area contributed by atoms with Gasteiger partial charge in [0.25, 0.3) is 0 Å². The van der Waals surface area contributed by atoms with E-state index < -0.39 is 0 Å². The second-order valence-electron chi connectivity index (χ2n) is 7.73. The van der Waals surface area contributed by atoms with Crippen LogP contribution in [0.25, 0.3) is 6.08 Å². The summed E-state index contributed by atoms with van der Waals surface area (Å²) in [6.07, 6.45) is 7.19. The number of amides is 2. The first-order chi connectivity index (χ1) is 15.6. The summed E-state index contributed by atoms with van der Waals surface area (Å²) in [5, 5.41) is 4.27. The minimum Gasteiger partial charge on any atom is -0.339 e. The highest BCUT2D eigenvalue weighted by Crippen LogP contribution is 2.26. The molecule has 1 N–H and O–H groups in total. The second kappa shape index (κ2) is 10.6. The summed E-state index contributed by atoms with van der Waals surface area (Å²) in [6.45, 7) is 1.15. The van der Waals surface area contributed by atoms with E-state index in [1.54, 1.807) is 17.2 Å². The normalized spacial score (nSPS) is 14.6. The van der Waals surface area contributed by atoms with Crippen LogP contribution in [-0.4, -0.2) is 34.8 Å². The Balaban J connectivity index is 1.26. The van der Waals surface area contributed by atoms with Crippen molar-refractivity contribution in [2.24, 2.45) is 5.92 Å². The number of benzene rings is 2. The van der Waals surface area contributed by atoms with Gasteiger partial charge in [0.05, 0.1) is 0 Å². The van der Waals surface area contributed by atoms with Crippen LogP contribution in [0.2, 0.25) is 5.02 Å². The fourth-order valence-electron chi connectivity index (χ4n) is 3.68. The Morgan fingerprint density at radius 3 is 2.56 bits per heavy atom. The highest BCUT2D eigenvalue weighted by molar-refractivity contribution is 7.15. The molecule has 0 saturated carbocycles. The van der Waals surface area contributed by atoms with Crippen LogP contribution < -0.4 is 5.32 Å². The van der Waals surface area contributed by atoms with Gasteiger partial charge in [0.2, 0.25) is 11.8 Å². The van der Waals surface area contributed by atoms with E-state index >= 15 is 0 Å². The maximum atomic E-state index is 12.7. The first-order valence-electron chi connectivity index (χ1n) is 10.6. The molecule has 7 heteroatoms. The Bertz CT molecular complexity index is 1110. The Morgan fingerprint density at radius 1 is 1.09 bits per heavy atom. The lowest BCUT2D eigenvalue weighted by atomic mass is 9.96. The Morgan fingerprint density at radius 2 is 1.81 bits per heavy atom. The number of hydrogen-bond donors (Lipinski definition) is 1. The molecule has 32 heavy (non-hydrogen) atoms. The SMILES string of the molecule is O=C(Nc1ncc(Cc2ccccc2Cl)s1)C1CCN(C(=O)/C=C/c2ccccc2)CC1. The van der Waals surface area contributed by atoms with E-state index in [9.17, 15) is 9.59 Å². The number of carbonyl (C=O) groups is 2. The van der Waals surface area contributed by atoms with Crippen molar-refractivity contribution in [2.45, 2.75) is 19.3 Å². The van der Waals surface area contributed by atoms with E-state index in [-0.39, 0.29) is 17.7 Å². The summed E-state index contributed by atoms with van der Waals surface area (Å²) in [5.41, 5.74) is 2.03. The van der Waals surface area contributed by atoms with Crippen molar-refractivity contribution in [2.75, 3.05) is 18.4 Å². The minimum atomic E-state index is -0.118. The van der Waals surface area contributed by atoms with Crippen LogP contribution in [0.4, 0.5) is 5.13 Å². The summed E-state index contributed by atoms with van der Waals surface area (Å²) < 4.78 is 0. The van der Waals surface area contributed by atoms with Gasteiger partial charge in [0.1, 0.15) is 0 Å². The first kappa shape index (κ1) is 22.2. The number of likely N-dealkylation sites (tertiary alicyclic amines) is 1. The molecule has 0 spiro atoms. The highest BCUT2D eigenvalue weighted by Gasteiger charge is 2.27. The molecule has 0 bridgehead atoms. The van der Waals surface area contributed by atoms with Crippen molar-refractivity contribution in [3.63, 3.8) is 0 Å². The monoisotopic (exact) mass is 465 g/mol. The molecular weight excluding hydrogens is 442 g/mol. The summed E-state index contributed by atoms with van der Waals surface area (Å²) in [6, 6.07) is 17.5. The van der Waals surface area contributed by atoms with Gasteiger partial charge in [-0.3, -0.25) is 9.59 Å². The number of nitrogens with zero attached hydrogens (tertiary/aromatic N) is 2. The quantitative estimate of drug-likeness (QED) is 0.504. The molecule has 0 atom stereocenters. The molecule has 1 aromatic heterocycles. The van der Waals surface area contributed by atoms with Gasteiger partial charge in [0.15, 0.2) is 5.13 Å². The fraction of sp³-hybridized carbons (Fsp3) is 0.240. The van der Waals surface area contributed by atoms with Gasteiger partial charge in [-0.25, -0.2) is 4.98 Å². The van der Waals surface area contributed by atoms with Gasteiger partial charge in [-0.15, -0.1) is 11.3 Å². The average molecular weight is 466 g/mol. The maximum Gasteiger partial charge on any atom is 0.246 e. The van der Waals surface area contributed by atoms with Gasteiger partial charge in [-0.2, -0.15) is 0 Å². The number of anilines is 1. The highest BCUT2D eigenvalue weighted by atomic mass is 35.5. The number of nitrogens with one attached hydrogen (secondary N) is 1. The van der Waals surface area contributed by atoms with Gasteiger partial charge in [-0.05, 0) is 36.1 Å². The van der Waals surface area contributed by atoms with E-state index in [4.69, 9.17) is 11.6 Å². The zero-order valence-corrected chi connectivity index (χ0v) is 19.1. The Labute approximate surface area is 196 Å². The Hall–Kier alpha value is -2.96. The molecule has 0 aliphatic carbocycles. The molecular formula is C25H24ClN3O2S. The molecule has 0 unspecified atom stereocenters. The predicted octanol–water partition coefficient (Wildman–Crippen LogP) is 5.28. The lowest BCUT2D eigenvalue weighted by Gasteiger charge is -2.30. The van der Waals surface area contributed by atoms with Crippen LogP contribution in [0.15, 0.2) is 66.9 Å². The largest absolute Gasteiger partial charge is 0.339 e. The van der Waals surface area contributed by atoms with Crippen LogP contribution in [0.3, 0.4) is 0 Å². The minimum absolute atomic E-state index is 0.0168. The van der Waals surface area contributed by atoms with Crippen LogP contribution >= 0.6 is 22.9 Å². The molecule has 3 aromatic rings.